The van der Waals surface area contributed by atoms with Crippen molar-refractivity contribution in [1.29, 1.82) is 0 Å². The zero-order chi connectivity index (χ0) is 16.6. The van der Waals surface area contributed by atoms with Crippen molar-refractivity contribution in [2.75, 3.05) is 19.4 Å². The third kappa shape index (κ3) is 2.92. The van der Waals surface area contributed by atoms with Crippen LogP contribution in [0.15, 0.2) is 22.7 Å². The molecule has 1 aliphatic carbocycles. The summed E-state index contributed by atoms with van der Waals surface area (Å²) in [6, 6.07) is 5.44. The molecule has 122 valence electrons. The van der Waals surface area contributed by atoms with Crippen molar-refractivity contribution in [3.05, 3.63) is 29.6 Å². The van der Waals surface area contributed by atoms with E-state index in [1.54, 1.807) is 14.1 Å². The zero-order valence-corrected chi connectivity index (χ0v) is 13.6. The normalized spacial score (nSPS) is 15.8. The largest absolute Gasteiger partial charge is 0.334 e. The Balaban J connectivity index is 1.95. The molecule has 2 aromatic rings. The minimum atomic E-state index is -0.474. The van der Waals surface area contributed by atoms with Crippen LogP contribution in [0.2, 0.25) is 0 Å². The number of nitrogens with zero attached hydrogens (tertiary/aromatic N) is 3. The fraction of sp³-hybridized carbons (Fsp3) is 0.438. The Kier molecular flexibility index (Phi) is 3.81. The number of hydrogen-bond donors (Lipinski definition) is 2. The van der Waals surface area contributed by atoms with E-state index in [0.29, 0.717) is 23.0 Å². The first-order valence-electron chi connectivity index (χ1n) is 7.61. The first-order valence-corrected chi connectivity index (χ1v) is 7.61. The molecule has 1 aromatic heterocycles. The number of aromatic nitrogens is 2. The number of carbonyl (C=O) groups is 1. The van der Waals surface area contributed by atoms with Gasteiger partial charge in [-0.3, -0.25) is 0 Å². The second-order valence-electron chi connectivity index (χ2n) is 6.31. The van der Waals surface area contributed by atoms with E-state index in [4.69, 9.17) is 10.3 Å². The molecule has 1 fully saturated rings. The third-order valence-corrected chi connectivity index (χ3v) is 4.17. The predicted molar refractivity (Wildman–Crippen MR) is 86.9 cm³/mol. The summed E-state index contributed by atoms with van der Waals surface area (Å²) in [5.41, 5.74) is 8.13. The van der Waals surface area contributed by atoms with Crippen molar-refractivity contribution in [2.45, 2.75) is 31.7 Å². The second-order valence-corrected chi connectivity index (χ2v) is 6.31. The highest BCUT2D eigenvalue weighted by molar-refractivity contribution is 5.93. The number of rotatable bonds is 3. The van der Waals surface area contributed by atoms with E-state index >= 15 is 0 Å². The van der Waals surface area contributed by atoms with Crippen molar-refractivity contribution in [3.63, 3.8) is 0 Å². The van der Waals surface area contributed by atoms with Crippen LogP contribution in [-0.2, 0) is 5.54 Å². The molecule has 1 saturated carbocycles. The predicted octanol–water partition coefficient (Wildman–Crippen LogP) is 2.48. The van der Waals surface area contributed by atoms with Crippen LogP contribution in [0.3, 0.4) is 0 Å². The number of amides is 2. The molecular weight excluding hydrogens is 294 g/mol. The van der Waals surface area contributed by atoms with Gasteiger partial charge in [0.05, 0.1) is 16.8 Å². The molecule has 1 aliphatic rings. The summed E-state index contributed by atoms with van der Waals surface area (Å²) in [6.07, 6.45) is 2.81. The number of nitrogens with two attached hydrogens (primary N) is 1. The van der Waals surface area contributed by atoms with Crippen LogP contribution in [0, 0.1) is 6.92 Å². The van der Waals surface area contributed by atoms with Gasteiger partial charge in [0.25, 0.3) is 5.89 Å². The van der Waals surface area contributed by atoms with Crippen LogP contribution in [0.4, 0.5) is 10.5 Å². The Morgan fingerprint density at radius 2 is 2.13 bits per heavy atom. The fourth-order valence-corrected chi connectivity index (χ4v) is 2.49. The van der Waals surface area contributed by atoms with E-state index in [-0.39, 0.29) is 6.03 Å². The number of hydrogen-bond acceptors (Lipinski definition) is 5. The first kappa shape index (κ1) is 15.5. The van der Waals surface area contributed by atoms with Crippen LogP contribution in [-0.4, -0.2) is 35.2 Å². The molecule has 1 aromatic carbocycles. The first-order chi connectivity index (χ1) is 10.9. The summed E-state index contributed by atoms with van der Waals surface area (Å²) in [5, 5.41) is 6.88. The Morgan fingerprint density at radius 3 is 2.74 bits per heavy atom. The molecule has 23 heavy (non-hydrogen) atoms. The summed E-state index contributed by atoms with van der Waals surface area (Å²) in [5.74, 6) is 0.902. The van der Waals surface area contributed by atoms with Gasteiger partial charge in [0.1, 0.15) is 0 Å². The lowest BCUT2D eigenvalue weighted by atomic mass is 9.77. The smallest absolute Gasteiger partial charge is 0.321 e. The average Bonchev–Trinajstić information content (AvgIpc) is 2.96. The number of carbonyl (C=O) groups excluding carboxylic acids is 1. The summed E-state index contributed by atoms with van der Waals surface area (Å²) < 4.78 is 5.40. The number of urea groups is 1. The van der Waals surface area contributed by atoms with Gasteiger partial charge in [-0.15, -0.1) is 0 Å². The molecule has 0 spiro atoms. The fourth-order valence-electron chi connectivity index (χ4n) is 2.49. The highest BCUT2D eigenvalue weighted by Gasteiger charge is 2.39. The minimum absolute atomic E-state index is 0.218. The quantitative estimate of drug-likeness (QED) is 0.907. The number of aryl methyl sites for hydroxylation is 1. The molecule has 0 saturated heterocycles. The lowest BCUT2D eigenvalue weighted by Crippen LogP contribution is -2.44. The van der Waals surface area contributed by atoms with Gasteiger partial charge in [-0.05, 0) is 38.3 Å². The number of anilines is 1. The van der Waals surface area contributed by atoms with Crippen molar-refractivity contribution in [1.82, 2.24) is 15.0 Å². The van der Waals surface area contributed by atoms with Gasteiger partial charge < -0.3 is 20.5 Å². The van der Waals surface area contributed by atoms with Crippen LogP contribution in [0.1, 0.15) is 30.7 Å². The highest BCUT2D eigenvalue weighted by atomic mass is 16.5. The number of nitrogens with one attached hydrogen (secondary N) is 1. The van der Waals surface area contributed by atoms with E-state index in [1.807, 2.05) is 25.1 Å². The van der Waals surface area contributed by atoms with Gasteiger partial charge in [0, 0.05) is 14.1 Å². The Morgan fingerprint density at radius 1 is 1.39 bits per heavy atom. The van der Waals surface area contributed by atoms with Gasteiger partial charge >= 0.3 is 6.03 Å². The highest BCUT2D eigenvalue weighted by Crippen LogP contribution is 2.38. The standard InChI is InChI=1S/C16H21N5O2/c1-10-5-6-12(18-15(22)21(2)3)11(9-10)13-19-14(20-23-13)16(17)7-4-8-16/h5-6,9H,4,7-8,17H2,1-3H3,(H,18,22). The molecule has 3 rings (SSSR count). The molecule has 2 amide bonds. The Bertz CT molecular complexity index is 734. The molecule has 7 heteroatoms. The van der Waals surface area contributed by atoms with Crippen molar-refractivity contribution >= 4 is 11.7 Å². The van der Waals surface area contributed by atoms with Crippen LogP contribution >= 0.6 is 0 Å². The molecule has 0 unspecified atom stereocenters. The SMILES string of the molecule is Cc1ccc(NC(=O)N(C)C)c(-c2nc(C3(N)CCC3)no2)c1. The lowest BCUT2D eigenvalue weighted by Gasteiger charge is -2.34. The average molecular weight is 315 g/mol. The van der Waals surface area contributed by atoms with Gasteiger partial charge in [-0.25, -0.2) is 4.79 Å². The van der Waals surface area contributed by atoms with Crippen LogP contribution in [0.5, 0.6) is 0 Å². The second kappa shape index (κ2) is 5.66. The van der Waals surface area contributed by atoms with Crippen molar-refractivity contribution < 1.29 is 9.32 Å². The lowest BCUT2D eigenvalue weighted by molar-refractivity contribution is 0.229. The molecule has 0 atom stereocenters. The molecule has 7 nitrogen and oxygen atoms in total. The molecule has 0 aliphatic heterocycles. The van der Waals surface area contributed by atoms with Gasteiger partial charge in [0.15, 0.2) is 5.82 Å². The zero-order valence-electron chi connectivity index (χ0n) is 13.6. The maximum Gasteiger partial charge on any atom is 0.321 e. The van der Waals surface area contributed by atoms with Crippen LogP contribution in [0.25, 0.3) is 11.5 Å². The van der Waals surface area contributed by atoms with E-state index in [2.05, 4.69) is 15.5 Å². The van der Waals surface area contributed by atoms with Gasteiger partial charge in [-0.2, -0.15) is 4.98 Å². The van der Waals surface area contributed by atoms with Crippen LogP contribution < -0.4 is 11.1 Å². The molecule has 0 bridgehead atoms. The summed E-state index contributed by atoms with van der Waals surface area (Å²) in [6.45, 7) is 1.97. The summed E-state index contributed by atoms with van der Waals surface area (Å²) in [4.78, 5) is 17.9. The maximum absolute atomic E-state index is 11.9. The topological polar surface area (TPSA) is 97.3 Å². The summed E-state index contributed by atoms with van der Waals surface area (Å²) >= 11 is 0. The van der Waals surface area contributed by atoms with Crippen molar-refractivity contribution in [3.8, 4) is 11.5 Å². The van der Waals surface area contributed by atoms with E-state index in [0.717, 1.165) is 24.8 Å². The van der Waals surface area contributed by atoms with Crippen molar-refractivity contribution in [2.24, 2.45) is 5.73 Å². The third-order valence-electron chi connectivity index (χ3n) is 4.17. The van der Waals surface area contributed by atoms with Gasteiger partial charge in [-0.1, -0.05) is 16.8 Å². The van der Waals surface area contributed by atoms with Gasteiger partial charge in [0.2, 0.25) is 0 Å². The Labute approximate surface area is 134 Å². The molecule has 3 N–H and O–H groups in total. The number of benzene rings is 1. The van der Waals surface area contributed by atoms with E-state index in [1.165, 1.54) is 4.90 Å². The molecular formula is C16H21N5O2. The van der Waals surface area contributed by atoms with E-state index < -0.39 is 5.54 Å². The molecule has 1 heterocycles. The minimum Gasteiger partial charge on any atom is -0.334 e. The maximum atomic E-state index is 11.9. The summed E-state index contributed by atoms with van der Waals surface area (Å²) in [7, 11) is 3.37. The van der Waals surface area contributed by atoms with E-state index in [9.17, 15) is 4.79 Å². The molecule has 0 radical (unpaired) electrons. The Hall–Kier alpha value is -2.41. The monoisotopic (exact) mass is 315 g/mol.